The van der Waals surface area contributed by atoms with Crippen molar-refractivity contribution in [2.24, 2.45) is 5.92 Å². The van der Waals surface area contributed by atoms with E-state index in [2.05, 4.69) is 5.32 Å². The molecule has 2 fully saturated rings. The first-order chi connectivity index (χ1) is 23.6. The van der Waals surface area contributed by atoms with Crippen molar-refractivity contribution in [2.75, 3.05) is 33.4 Å². The van der Waals surface area contributed by atoms with E-state index < -0.39 is 77.4 Å². The summed E-state index contributed by atoms with van der Waals surface area (Å²) >= 11 is 0. The molecule has 0 aliphatic carbocycles. The van der Waals surface area contributed by atoms with Crippen molar-refractivity contribution in [1.82, 2.24) is 20.0 Å². The molecule has 0 saturated carbocycles. The first-order valence-corrected chi connectivity index (χ1v) is 16.8. The van der Waals surface area contributed by atoms with E-state index in [9.17, 15) is 28.0 Å². The summed E-state index contributed by atoms with van der Waals surface area (Å²) in [7, 11) is 1.44. The fraction of sp³-hybridized carbons (Fsp3) is 0.556. The molecular formula is C36H48F2N4O8. The molecule has 0 aromatic heterocycles. The number of amides is 4. The lowest BCUT2D eigenvalue weighted by atomic mass is 9.99. The summed E-state index contributed by atoms with van der Waals surface area (Å²) < 4.78 is 50.3. The Balaban J connectivity index is 1.55. The number of ether oxygens (including phenoxy) is 4. The highest BCUT2D eigenvalue weighted by Gasteiger charge is 2.53. The molecule has 1 N–H and O–H groups in total. The van der Waals surface area contributed by atoms with Crippen LogP contribution in [-0.2, 0) is 30.4 Å². The Hall–Kier alpha value is -4.46. The maximum Gasteiger partial charge on any atom is 0.410 e. The van der Waals surface area contributed by atoms with Crippen molar-refractivity contribution in [2.45, 2.75) is 90.4 Å². The minimum atomic E-state index is -1.14. The molecular weight excluding hydrogens is 654 g/mol. The molecule has 2 saturated heterocycles. The molecule has 2 aromatic rings. The molecule has 0 spiro atoms. The number of carbonyl (C=O) groups is 4. The lowest BCUT2D eigenvalue weighted by Crippen LogP contribution is -2.59. The Labute approximate surface area is 291 Å². The van der Waals surface area contributed by atoms with Crippen molar-refractivity contribution in [3.05, 3.63) is 65.7 Å². The summed E-state index contributed by atoms with van der Waals surface area (Å²) in [4.78, 5) is 58.4. The van der Waals surface area contributed by atoms with Gasteiger partial charge in [0.2, 0.25) is 11.8 Å². The van der Waals surface area contributed by atoms with Gasteiger partial charge in [-0.2, -0.15) is 0 Å². The smallest absolute Gasteiger partial charge is 0.410 e. The highest BCUT2D eigenvalue weighted by atomic mass is 19.2. The molecule has 50 heavy (non-hydrogen) atoms. The van der Waals surface area contributed by atoms with Gasteiger partial charge in [-0.3, -0.25) is 14.5 Å². The number of benzene rings is 2. The van der Waals surface area contributed by atoms with E-state index in [0.29, 0.717) is 6.42 Å². The zero-order valence-corrected chi connectivity index (χ0v) is 29.7. The third-order valence-corrected chi connectivity index (χ3v) is 8.92. The Bertz CT molecular complexity index is 1510. The zero-order chi connectivity index (χ0) is 36.7. The molecule has 2 aliphatic heterocycles. The van der Waals surface area contributed by atoms with Gasteiger partial charge in [0, 0.05) is 38.7 Å². The molecule has 6 atom stereocenters. The van der Waals surface area contributed by atoms with Crippen molar-refractivity contribution < 1.29 is 46.9 Å². The Kier molecular flexibility index (Phi) is 12.7. The largest absolute Gasteiger partial charge is 0.493 e. The number of hydrogen-bond donors (Lipinski definition) is 1. The van der Waals surface area contributed by atoms with E-state index in [1.54, 1.807) is 44.4 Å². The third kappa shape index (κ3) is 9.40. The number of likely N-dealkylation sites (N-methyl/N-ethyl adjacent to an activating group) is 1. The van der Waals surface area contributed by atoms with Crippen LogP contribution in [0.5, 0.6) is 5.75 Å². The SMILES string of the molecule is CCO[C@H](C)C(NC(=O)[C@H](C)N(C)C(=O)OC(C)(C)C)C(=O)N1CC[C@@H]2[C@H]1[C@@H](COc1ccc(F)c(F)c1)CN2C(=O)OCc1ccccc1. The summed E-state index contributed by atoms with van der Waals surface area (Å²) in [6.45, 7) is 10.9. The Morgan fingerprint density at radius 1 is 1.02 bits per heavy atom. The lowest BCUT2D eigenvalue weighted by molar-refractivity contribution is -0.143. The number of fused-ring (bicyclic) bond motifs is 1. The zero-order valence-electron chi connectivity index (χ0n) is 29.7. The van der Waals surface area contributed by atoms with Crippen LogP contribution in [0, 0.1) is 17.6 Å². The fourth-order valence-corrected chi connectivity index (χ4v) is 6.25. The van der Waals surface area contributed by atoms with Gasteiger partial charge >= 0.3 is 12.2 Å². The standard InChI is InChI=1S/C36H48F2N4O8/c1-8-47-23(3)30(39-32(43)22(2)40(7)34(45)50-36(4,5)6)33(44)41-17-16-29-31(41)25(21-48-26-14-15-27(37)28(38)18-26)19-42(29)35(46)49-20-24-12-10-9-11-13-24/h9-15,18,22-23,25,29-31H,8,16-17,19-21H2,1-7H3,(H,39,43)/t22-,23+,25+,29+,30?,31+/m0/s1. The topological polar surface area (TPSA) is 127 Å². The summed E-state index contributed by atoms with van der Waals surface area (Å²) in [6, 6.07) is 9.33. The summed E-state index contributed by atoms with van der Waals surface area (Å²) in [5.41, 5.74) is 0.0393. The van der Waals surface area contributed by atoms with Crippen molar-refractivity contribution >= 4 is 24.0 Å². The van der Waals surface area contributed by atoms with Gasteiger partial charge in [0.1, 0.15) is 30.0 Å². The predicted molar refractivity (Wildman–Crippen MR) is 179 cm³/mol. The number of likely N-dealkylation sites (tertiary alicyclic amines) is 2. The highest BCUT2D eigenvalue weighted by molar-refractivity contribution is 5.92. The molecule has 1 unspecified atom stereocenters. The molecule has 14 heteroatoms. The summed E-state index contributed by atoms with van der Waals surface area (Å²) in [6.07, 6.45) is -1.57. The van der Waals surface area contributed by atoms with Gasteiger partial charge in [-0.05, 0) is 65.7 Å². The molecule has 0 bridgehead atoms. The van der Waals surface area contributed by atoms with Gasteiger partial charge in [-0.25, -0.2) is 18.4 Å². The van der Waals surface area contributed by atoms with E-state index in [1.165, 1.54) is 20.0 Å². The molecule has 2 aliphatic rings. The van der Waals surface area contributed by atoms with Gasteiger partial charge in [-0.1, -0.05) is 30.3 Å². The van der Waals surface area contributed by atoms with Crippen LogP contribution in [-0.4, -0.2) is 108 Å². The number of rotatable bonds is 12. The third-order valence-electron chi connectivity index (χ3n) is 8.92. The first kappa shape index (κ1) is 38.3. The molecule has 274 valence electrons. The monoisotopic (exact) mass is 702 g/mol. The lowest BCUT2D eigenvalue weighted by Gasteiger charge is -2.35. The van der Waals surface area contributed by atoms with Crippen LogP contribution in [0.15, 0.2) is 48.5 Å². The molecule has 4 rings (SSSR count). The highest BCUT2D eigenvalue weighted by Crippen LogP contribution is 2.37. The van der Waals surface area contributed by atoms with E-state index in [-0.39, 0.29) is 38.7 Å². The summed E-state index contributed by atoms with van der Waals surface area (Å²) in [5, 5.41) is 2.79. The average molecular weight is 703 g/mol. The van der Waals surface area contributed by atoms with Crippen LogP contribution in [0.25, 0.3) is 0 Å². The van der Waals surface area contributed by atoms with E-state index in [0.717, 1.165) is 22.6 Å². The minimum absolute atomic E-state index is 0.0196. The second-order valence-corrected chi connectivity index (χ2v) is 13.6. The average Bonchev–Trinajstić information content (AvgIpc) is 3.66. The molecule has 12 nitrogen and oxygen atoms in total. The van der Waals surface area contributed by atoms with Gasteiger partial charge < -0.3 is 34.1 Å². The minimum Gasteiger partial charge on any atom is -0.493 e. The van der Waals surface area contributed by atoms with Gasteiger partial charge in [-0.15, -0.1) is 0 Å². The molecule has 2 heterocycles. The first-order valence-electron chi connectivity index (χ1n) is 16.8. The van der Waals surface area contributed by atoms with Crippen LogP contribution in [0.3, 0.4) is 0 Å². The maximum absolute atomic E-state index is 14.4. The van der Waals surface area contributed by atoms with E-state index in [4.69, 9.17) is 18.9 Å². The van der Waals surface area contributed by atoms with Crippen molar-refractivity contribution in [3.63, 3.8) is 0 Å². The van der Waals surface area contributed by atoms with Crippen LogP contribution in [0.4, 0.5) is 18.4 Å². The van der Waals surface area contributed by atoms with Gasteiger partial charge in [0.25, 0.3) is 0 Å². The van der Waals surface area contributed by atoms with Crippen LogP contribution < -0.4 is 10.1 Å². The molecule has 4 amide bonds. The fourth-order valence-electron chi connectivity index (χ4n) is 6.25. The van der Waals surface area contributed by atoms with E-state index >= 15 is 0 Å². The number of nitrogens with zero attached hydrogens (tertiary/aromatic N) is 3. The van der Waals surface area contributed by atoms with Gasteiger partial charge in [0.15, 0.2) is 11.6 Å². The van der Waals surface area contributed by atoms with Crippen LogP contribution in [0.2, 0.25) is 0 Å². The van der Waals surface area contributed by atoms with E-state index in [1.807, 2.05) is 30.3 Å². The summed E-state index contributed by atoms with van der Waals surface area (Å²) in [5.74, 6) is -3.45. The van der Waals surface area contributed by atoms with Crippen LogP contribution in [0.1, 0.15) is 53.5 Å². The molecule has 2 aromatic carbocycles. The number of hydrogen-bond acceptors (Lipinski definition) is 8. The number of halogens is 2. The molecule has 0 radical (unpaired) electrons. The van der Waals surface area contributed by atoms with Gasteiger partial charge in [0.05, 0.1) is 24.8 Å². The quantitative estimate of drug-likeness (QED) is 0.336. The van der Waals surface area contributed by atoms with Crippen molar-refractivity contribution in [1.29, 1.82) is 0 Å². The second kappa shape index (κ2) is 16.5. The number of nitrogens with one attached hydrogen (secondary N) is 1. The van der Waals surface area contributed by atoms with Crippen molar-refractivity contribution in [3.8, 4) is 5.75 Å². The Morgan fingerprint density at radius 2 is 1.72 bits per heavy atom. The normalized spacial score (nSPS) is 20.4. The second-order valence-electron chi connectivity index (χ2n) is 13.6. The number of carbonyl (C=O) groups excluding carboxylic acids is 4. The Morgan fingerprint density at radius 3 is 2.36 bits per heavy atom. The van der Waals surface area contributed by atoms with Crippen LogP contribution >= 0.6 is 0 Å². The maximum atomic E-state index is 14.4. The predicted octanol–water partition coefficient (Wildman–Crippen LogP) is 4.75.